The van der Waals surface area contributed by atoms with E-state index in [1.807, 2.05) is 0 Å². The van der Waals surface area contributed by atoms with Gasteiger partial charge in [0, 0.05) is 31.1 Å². The molecule has 0 spiro atoms. The van der Waals surface area contributed by atoms with Gasteiger partial charge in [0.1, 0.15) is 0 Å². The molecule has 9 nitrogen and oxygen atoms in total. The van der Waals surface area contributed by atoms with Crippen molar-refractivity contribution in [1.82, 2.24) is 10.3 Å². The van der Waals surface area contributed by atoms with Gasteiger partial charge in [-0.1, -0.05) is 0 Å². The van der Waals surface area contributed by atoms with Gasteiger partial charge in [-0.15, -0.1) is 0 Å². The Morgan fingerprint density at radius 3 is 2.19 bits per heavy atom. The van der Waals surface area contributed by atoms with Crippen LogP contribution in [-0.2, 0) is 20.9 Å². The Kier molecular flexibility index (Phi) is 6.70. The van der Waals surface area contributed by atoms with Crippen LogP contribution in [0.3, 0.4) is 0 Å². The van der Waals surface area contributed by atoms with Crippen LogP contribution in [0, 0.1) is 0 Å². The van der Waals surface area contributed by atoms with Crippen molar-refractivity contribution in [3.63, 3.8) is 0 Å². The number of benzene rings is 1. The minimum atomic E-state index is -0.943. The molecule has 2 amide bonds. The van der Waals surface area contributed by atoms with Gasteiger partial charge in [-0.25, -0.2) is 4.79 Å². The van der Waals surface area contributed by atoms with Crippen molar-refractivity contribution in [2.45, 2.75) is 6.54 Å². The largest absolute Gasteiger partial charge is 0.493 e. The van der Waals surface area contributed by atoms with E-state index in [9.17, 15) is 14.4 Å². The van der Waals surface area contributed by atoms with Gasteiger partial charge in [0.15, 0.2) is 11.5 Å². The fourth-order valence-electron chi connectivity index (χ4n) is 2.20. The van der Waals surface area contributed by atoms with Crippen molar-refractivity contribution in [1.29, 1.82) is 0 Å². The number of aromatic nitrogens is 1. The van der Waals surface area contributed by atoms with Gasteiger partial charge in [-0.05, 0) is 17.7 Å². The maximum absolute atomic E-state index is 12.2. The minimum Gasteiger partial charge on any atom is -0.493 e. The third-order valence-electron chi connectivity index (χ3n) is 3.59. The Morgan fingerprint density at radius 2 is 1.59 bits per heavy atom. The van der Waals surface area contributed by atoms with Crippen molar-refractivity contribution in [3.05, 3.63) is 47.8 Å². The zero-order chi connectivity index (χ0) is 19.8. The third kappa shape index (κ3) is 4.94. The molecule has 1 aromatic carbocycles. The maximum Gasteiger partial charge on any atom is 0.340 e. The van der Waals surface area contributed by atoms with Gasteiger partial charge in [0.2, 0.25) is 0 Å². The Bertz CT molecular complexity index is 838. The fraction of sp³-hybridized carbons (Fsp3) is 0.222. The molecule has 27 heavy (non-hydrogen) atoms. The number of methoxy groups -OCH3 is 3. The number of rotatable bonds is 6. The molecule has 0 fully saturated rings. The van der Waals surface area contributed by atoms with E-state index >= 15 is 0 Å². The van der Waals surface area contributed by atoms with Crippen LogP contribution < -0.4 is 20.1 Å². The zero-order valence-corrected chi connectivity index (χ0v) is 15.1. The normalized spacial score (nSPS) is 9.89. The van der Waals surface area contributed by atoms with Crippen LogP contribution in [0.1, 0.15) is 15.9 Å². The van der Waals surface area contributed by atoms with Crippen LogP contribution in [-0.4, -0.2) is 44.1 Å². The predicted molar refractivity (Wildman–Crippen MR) is 95.6 cm³/mol. The Labute approximate surface area is 155 Å². The highest BCUT2D eigenvalue weighted by atomic mass is 16.5. The lowest BCUT2D eigenvalue weighted by atomic mass is 10.1. The molecule has 0 bridgehead atoms. The molecule has 142 valence electrons. The number of anilines is 1. The second-order valence-corrected chi connectivity index (χ2v) is 5.24. The van der Waals surface area contributed by atoms with E-state index in [0.717, 1.165) is 5.56 Å². The van der Waals surface area contributed by atoms with Crippen LogP contribution >= 0.6 is 0 Å². The third-order valence-corrected chi connectivity index (χ3v) is 3.59. The summed E-state index contributed by atoms with van der Waals surface area (Å²) in [7, 11) is 4.01. The maximum atomic E-state index is 12.2. The molecular formula is C18H19N3O6. The van der Waals surface area contributed by atoms with E-state index < -0.39 is 17.8 Å². The van der Waals surface area contributed by atoms with E-state index in [1.165, 1.54) is 33.5 Å². The fourth-order valence-corrected chi connectivity index (χ4v) is 2.20. The second kappa shape index (κ2) is 9.18. The number of pyridine rings is 1. The van der Waals surface area contributed by atoms with Crippen molar-refractivity contribution in [2.24, 2.45) is 0 Å². The SMILES string of the molecule is COC(=O)c1cc(OC)c(OC)cc1NC(=O)C(=O)NCc1ccncc1. The monoisotopic (exact) mass is 373 g/mol. The summed E-state index contributed by atoms with van der Waals surface area (Å²) >= 11 is 0. The first-order chi connectivity index (χ1) is 13.0. The highest BCUT2D eigenvalue weighted by Crippen LogP contribution is 2.33. The zero-order valence-electron chi connectivity index (χ0n) is 15.1. The van der Waals surface area contributed by atoms with Crippen LogP contribution in [0.4, 0.5) is 5.69 Å². The first kappa shape index (κ1) is 19.7. The molecule has 0 saturated carbocycles. The lowest BCUT2D eigenvalue weighted by Gasteiger charge is -2.14. The summed E-state index contributed by atoms with van der Waals surface area (Å²) < 4.78 is 15.0. The average Bonchev–Trinajstić information content (AvgIpc) is 2.71. The Hall–Kier alpha value is -3.62. The Morgan fingerprint density at radius 1 is 0.963 bits per heavy atom. The molecule has 0 saturated heterocycles. The number of hydrogen-bond donors (Lipinski definition) is 2. The molecule has 1 aromatic heterocycles. The summed E-state index contributed by atoms with van der Waals surface area (Å²) in [6.07, 6.45) is 3.15. The number of carbonyl (C=O) groups excluding carboxylic acids is 3. The van der Waals surface area contributed by atoms with Crippen LogP contribution in [0.5, 0.6) is 11.5 Å². The molecule has 0 aliphatic rings. The van der Waals surface area contributed by atoms with Crippen LogP contribution in [0.15, 0.2) is 36.7 Å². The van der Waals surface area contributed by atoms with Crippen molar-refractivity contribution < 1.29 is 28.6 Å². The van der Waals surface area contributed by atoms with E-state index in [-0.39, 0.29) is 29.3 Å². The molecule has 0 radical (unpaired) electrons. The summed E-state index contributed by atoms with van der Waals surface area (Å²) in [5.74, 6) is -1.96. The minimum absolute atomic E-state index is 0.0189. The highest BCUT2D eigenvalue weighted by molar-refractivity contribution is 6.40. The van der Waals surface area contributed by atoms with Crippen LogP contribution in [0.2, 0.25) is 0 Å². The first-order valence-corrected chi connectivity index (χ1v) is 7.82. The molecule has 1 heterocycles. The van der Waals surface area contributed by atoms with E-state index in [1.54, 1.807) is 24.5 Å². The molecule has 0 atom stereocenters. The topological polar surface area (TPSA) is 116 Å². The lowest BCUT2D eigenvalue weighted by Crippen LogP contribution is -2.35. The molecule has 0 unspecified atom stereocenters. The van der Waals surface area contributed by atoms with E-state index in [0.29, 0.717) is 0 Å². The summed E-state index contributed by atoms with van der Waals surface area (Å²) in [4.78, 5) is 40.1. The number of carbonyl (C=O) groups is 3. The number of esters is 1. The summed E-state index contributed by atoms with van der Waals surface area (Å²) in [5.41, 5.74) is 0.863. The van der Waals surface area contributed by atoms with Gasteiger partial charge >= 0.3 is 17.8 Å². The van der Waals surface area contributed by atoms with Crippen molar-refractivity contribution in [2.75, 3.05) is 26.6 Å². The Balaban J connectivity index is 2.17. The number of nitrogens with zero attached hydrogens (tertiary/aromatic N) is 1. The summed E-state index contributed by atoms with van der Waals surface area (Å²) in [6, 6.07) is 6.15. The predicted octanol–water partition coefficient (Wildman–Crippen LogP) is 1.14. The van der Waals surface area contributed by atoms with Crippen molar-refractivity contribution >= 4 is 23.5 Å². The van der Waals surface area contributed by atoms with Gasteiger partial charge in [0.05, 0.1) is 32.6 Å². The van der Waals surface area contributed by atoms with Gasteiger partial charge < -0.3 is 24.8 Å². The molecular weight excluding hydrogens is 354 g/mol. The van der Waals surface area contributed by atoms with Crippen molar-refractivity contribution in [3.8, 4) is 11.5 Å². The molecule has 2 aromatic rings. The first-order valence-electron chi connectivity index (χ1n) is 7.82. The van der Waals surface area contributed by atoms with Gasteiger partial charge in [-0.3, -0.25) is 14.6 Å². The number of amides is 2. The number of ether oxygens (including phenoxy) is 3. The number of hydrogen-bond acceptors (Lipinski definition) is 7. The summed E-state index contributed by atoms with van der Waals surface area (Å²) in [5, 5.41) is 4.87. The van der Waals surface area contributed by atoms with E-state index in [2.05, 4.69) is 15.6 Å². The molecule has 2 rings (SSSR count). The molecule has 9 heteroatoms. The quantitative estimate of drug-likeness (QED) is 0.576. The molecule has 0 aliphatic heterocycles. The molecule has 0 aliphatic carbocycles. The second-order valence-electron chi connectivity index (χ2n) is 5.24. The standard InChI is InChI=1S/C18H19N3O6/c1-25-14-8-12(18(24)27-3)13(9-15(14)26-2)21-17(23)16(22)20-10-11-4-6-19-7-5-11/h4-9H,10H2,1-3H3,(H,20,22)(H,21,23). The van der Waals surface area contributed by atoms with E-state index in [4.69, 9.17) is 14.2 Å². The number of nitrogens with one attached hydrogen (secondary N) is 2. The van der Waals surface area contributed by atoms with Gasteiger partial charge in [-0.2, -0.15) is 0 Å². The smallest absolute Gasteiger partial charge is 0.340 e. The average molecular weight is 373 g/mol. The highest BCUT2D eigenvalue weighted by Gasteiger charge is 2.21. The summed E-state index contributed by atoms with van der Waals surface area (Å²) in [6.45, 7) is 0.157. The van der Waals surface area contributed by atoms with Crippen LogP contribution in [0.25, 0.3) is 0 Å². The van der Waals surface area contributed by atoms with Gasteiger partial charge in [0.25, 0.3) is 0 Å². The lowest BCUT2D eigenvalue weighted by molar-refractivity contribution is -0.136. The molecule has 2 N–H and O–H groups in total.